The van der Waals surface area contributed by atoms with Gasteiger partial charge in [-0.25, -0.2) is 4.79 Å². The van der Waals surface area contributed by atoms with E-state index >= 15 is 0 Å². The molecule has 0 amide bonds. The highest BCUT2D eigenvalue weighted by atomic mass is 31.1. The fourth-order valence-electron chi connectivity index (χ4n) is 0.115. The number of carbonyl (C=O) groups is 3. The number of carboxylic acid groups (broad SMARTS) is 1. The maximum atomic E-state index is 9.73. The predicted octanol–water partition coefficient (Wildman–Crippen LogP) is 0.527. The molecular formula is C3H3O4P. The molecule has 0 rings (SSSR count). The molecule has 0 aliphatic heterocycles. The highest BCUT2D eigenvalue weighted by Gasteiger charge is 2.13. The third kappa shape index (κ3) is 1.80. The van der Waals surface area contributed by atoms with Gasteiger partial charge in [0, 0.05) is 0 Å². The molecule has 0 aromatic carbocycles. The molecule has 0 aliphatic carbocycles. The van der Waals surface area contributed by atoms with E-state index in [4.69, 9.17) is 5.11 Å². The first-order chi connectivity index (χ1) is 3.72. The van der Waals surface area contributed by atoms with E-state index in [1.807, 2.05) is 0 Å². The van der Waals surface area contributed by atoms with Crippen LogP contribution < -0.4 is 0 Å². The molecule has 0 radical (unpaired) electrons. The molecule has 0 heterocycles. The maximum absolute atomic E-state index is 9.73. The van der Waals surface area contributed by atoms with Crippen LogP contribution in [0.1, 0.15) is 0 Å². The maximum Gasteiger partial charge on any atom is 0.338 e. The Labute approximate surface area is 46.2 Å². The van der Waals surface area contributed by atoms with Crippen LogP contribution in [0.15, 0.2) is 0 Å². The van der Waals surface area contributed by atoms with Gasteiger partial charge in [-0.2, -0.15) is 0 Å². The van der Waals surface area contributed by atoms with E-state index in [9.17, 15) is 14.4 Å². The first-order valence-electron chi connectivity index (χ1n) is 1.64. The van der Waals surface area contributed by atoms with Crippen molar-refractivity contribution in [2.45, 2.75) is 0 Å². The van der Waals surface area contributed by atoms with Crippen molar-refractivity contribution in [3.63, 3.8) is 0 Å². The van der Waals surface area contributed by atoms with E-state index in [0.717, 1.165) is 0 Å². The van der Waals surface area contributed by atoms with E-state index in [1.54, 1.807) is 0 Å². The summed E-state index contributed by atoms with van der Waals surface area (Å²) in [5.41, 5.74) is -1.34. The van der Waals surface area contributed by atoms with Crippen LogP contribution in [-0.2, 0) is 9.59 Å². The first-order valence-corrected chi connectivity index (χ1v) is 3.12. The topological polar surface area (TPSA) is 71.4 Å². The predicted molar refractivity (Wildman–Crippen MR) is 28.4 cm³/mol. The third-order valence-electron chi connectivity index (χ3n) is 0.448. The summed E-state index contributed by atoms with van der Waals surface area (Å²) in [7, 11) is -2.06. The van der Waals surface area contributed by atoms with Gasteiger partial charge in [0.1, 0.15) is 7.92 Å². The van der Waals surface area contributed by atoms with E-state index < -0.39 is 13.6 Å². The summed E-state index contributed by atoms with van der Waals surface area (Å²) in [5, 5.41) is 7.94. The molecule has 0 saturated carbocycles. The Morgan fingerprint density at radius 2 is 1.75 bits per heavy atom. The van der Waals surface area contributed by atoms with Crippen LogP contribution in [0.25, 0.3) is 0 Å². The minimum absolute atomic E-state index is 0.144. The zero-order valence-corrected chi connectivity index (χ0v) is 4.67. The normalized spacial score (nSPS) is 8.62. The molecule has 0 bridgehead atoms. The van der Waals surface area contributed by atoms with Crippen LogP contribution in [0.5, 0.6) is 0 Å². The van der Waals surface area contributed by atoms with E-state index in [2.05, 4.69) is 0 Å². The van der Waals surface area contributed by atoms with Crippen LogP contribution in [0, 0.1) is 0 Å². The third-order valence-corrected chi connectivity index (χ3v) is 1.34. The summed E-state index contributed by atoms with van der Waals surface area (Å²) in [6, 6.07) is 0.287. The molecule has 0 aromatic rings. The average Bonchev–Trinajstić information content (AvgIpc) is 1.69. The van der Waals surface area contributed by atoms with Crippen molar-refractivity contribution < 1.29 is 19.5 Å². The quantitative estimate of drug-likeness (QED) is 0.451. The van der Waals surface area contributed by atoms with Crippen molar-refractivity contribution in [2.24, 2.45) is 0 Å². The monoisotopic (exact) mass is 134 g/mol. The summed E-state index contributed by atoms with van der Waals surface area (Å²) >= 11 is 0. The Kier molecular flexibility index (Phi) is 2.96. The standard InChI is InChI=1S/C3H3O4P/c4-1-8(2-5)3(6)7/h1-2H,(H,6,7). The molecule has 0 spiro atoms. The second kappa shape index (κ2) is 3.27. The molecule has 4 nitrogen and oxygen atoms in total. The Balaban J connectivity index is 3.88. The molecule has 1 N–H and O–H groups in total. The second-order valence-corrected chi connectivity index (χ2v) is 2.52. The van der Waals surface area contributed by atoms with Gasteiger partial charge in [-0.3, -0.25) is 9.59 Å². The molecule has 0 aromatic heterocycles. The Morgan fingerprint density at radius 3 is 1.75 bits per heavy atom. The number of hydrogen-bond acceptors (Lipinski definition) is 3. The van der Waals surface area contributed by atoms with Gasteiger partial charge in [-0.1, -0.05) is 0 Å². The van der Waals surface area contributed by atoms with Crippen LogP contribution in [0.3, 0.4) is 0 Å². The molecule has 5 heteroatoms. The van der Waals surface area contributed by atoms with Gasteiger partial charge in [0.15, 0.2) is 12.1 Å². The van der Waals surface area contributed by atoms with Gasteiger partial charge in [0.2, 0.25) is 0 Å². The number of hydrogen-bond donors (Lipinski definition) is 1. The highest BCUT2D eigenvalue weighted by molar-refractivity contribution is 7.97. The first kappa shape index (κ1) is 7.24. The van der Waals surface area contributed by atoms with Crippen LogP contribution in [0.2, 0.25) is 0 Å². The minimum atomic E-state index is -2.06. The Hall–Kier alpha value is -0.760. The van der Waals surface area contributed by atoms with Crippen molar-refractivity contribution in [2.75, 3.05) is 0 Å². The van der Waals surface area contributed by atoms with Crippen LogP contribution >= 0.6 is 7.92 Å². The summed E-state index contributed by atoms with van der Waals surface area (Å²) in [5.74, 6) is 0. The SMILES string of the molecule is O=CP(C=O)C(=O)O. The molecule has 0 saturated heterocycles. The van der Waals surface area contributed by atoms with Crippen molar-refractivity contribution in [3.8, 4) is 0 Å². The fourth-order valence-corrected chi connectivity index (χ4v) is 0.345. The average molecular weight is 134 g/mol. The zero-order chi connectivity index (χ0) is 6.57. The van der Waals surface area contributed by atoms with Gasteiger partial charge in [-0.15, -0.1) is 0 Å². The van der Waals surface area contributed by atoms with Gasteiger partial charge >= 0.3 is 5.71 Å². The lowest BCUT2D eigenvalue weighted by Gasteiger charge is -1.87. The minimum Gasteiger partial charge on any atom is -0.478 e. The lowest BCUT2D eigenvalue weighted by Crippen LogP contribution is -1.90. The second-order valence-electron chi connectivity index (χ2n) is 0.901. The molecule has 0 fully saturated rings. The molecule has 0 atom stereocenters. The van der Waals surface area contributed by atoms with Gasteiger partial charge < -0.3 is 5.11 Å². The van der Waals surface area contributed by atoms with E-state index in [0.29, 0.717) is 0 Å². The number of rotatable bonds is 3. The lowest BCUT2D eigenvalue weighted by molar-refractivity contribution is 0.221. The van der Waals surface area contributed by atoms with Crippen LogP contribution in [0.4, 0.5) is 4.79 Å². The smallest absolute Gasteiger partial charge is 0.338 e. The highest BCUT2D eigenvalue weighted by Crippen LogP contribution is 2.26. The molecular weight excluding hydrogens is 131 g/mol. The Morgan fingerprint density at radius 1 is 1.38 bits per heavy atom. The fraction of sp³-hybridized carbons (Fsp3) is 0. The molecule has 8 heavy (non-hydrogen) atoms. The zero-order valence-electron chi connectivity index (χ0n) is 3.77. The molecule has 44 valence electrons. The van der Waals surface area contributed by atoms with Gasteiger partial charge in [0.25, 0.3) is 0 Å². The van der Waals surface area contributed by atoms with E-state index in [-0.39, 0.29) is 12.1 Å². The van der Waals surface area contributed by atoms with Crippen molar-refractivity contribution in [1.82, 2.24) is 0 Å². The van der Waals surface area contributed by atoms with Crippen molar-refractivity contribution in [1.29, 1.82) is 0 Å². The number of carbonyl (C=O) groups excluding carboxylic acids is 2. The Bertz CT molecular complexity index is 112. The largest absolute Gasteiger partial charge is 0.478 e. The summed E-state index contributed by atoms with van der Waals surface area (Å²) in [6.07, 6.45) is 0. The summed E-state index contributed by atoms with van der Waals surface area (Å²) in [4.78, 5) is 28.9. The van der Waals surface area contributed by atoms with E-state index in [1.165, 1.54) is 0 Å². The summed E-state index contributed by atoms with van der Waals surface area (Å²) < 4.78 is 0. The lowest BCUT2D eigenvalue weighted by atomic mass is 11.6. The van der Waals surface area contributed by atoms with Crippen molar-refractivity contribution in [3.05, 3.63) is 0 Å². The van der Waals surface area contributed by atoms with Crippen molar-refractivity contribution >= 4 is 25.7 Å². The van der Waals surface area contributed by atoms with Gasteiger partial charge in [0.05, 0.1) is 0 Å². The molecule has 0 unspecified atom stereocenters. The van der Waals surface area contributed by atoms with Gasteiger partial charge in [-0.05, 0) is 0 Å². The van der Waals surface area contributed by atoms with Crippen LogP contribution in [-0.4, -0.2) is 22.9 Å². The summed E-state index contributed by atoms with van der Waals surface area (Å²) in [6.45, 7) is 0. The molecule has 0 aliphatic rings.